The van der Waals surface area contributed by atoms with Crippen molar-refractivity contribution < 1.29 is 17.9 Å². The minimum Gasteiger partial charge on any atom is -0.435 e. The van der Waals surface area contributed by atoms with E-state index in [1.54, 1.807) is 12.1 Å². The molecule has 4 rings (SSSR count). The first kappa shape index (κ1) is 19.0. The van der Waals surface area contributed by atoms with Crippen LogP contribution in [-0.2, 0) is 5.75 Å². The molecule has 0 aliphatic rings. The lowest BCUT2D eigenvalue weighted by Crippen LogP contribution is -2.04. The van der Waals surface area contributed by atoms with Crippen LogP contribution in [-0.4, -0.2) is 37.0 Å². The molecular formula is C18H14F2N6O2S. The van der Waals surface area contributed by atoms with Crippen molar-refractivity contribution in [1.82, 2.24) is 30.4 Å². The number of alkyl halides is 2. The molecule has 0 atom stereocenters. The Kier molecular flexibility index (Phi) is 5.47. The van der Waals surface area contributed by atoms with Crippen LogP contribution >= 0.6 is 11.8 Å². The zero-order chi connectivity index (χ0) is 20.2. The highest BCUT2D eigenvalue weighted by atomic mass is 32.2. The average molecular weight is 416 g/mol. The first-order valence-corrected chi connectivity index (χ1v) is 9.43. The first-order chi connectivity index (χ1) is 14.1. The van der Waals surface area contributed by atoms with Gasteiger partial charge in [0.15, 0.2) is 5.82 Å². The molecule has 2 aromatic heterocycles. The lowest BCUT2D eigenvalue weighted by atomic mass is 10.1. The van der Waals surface area contributed by atoms with E-state index in [0.29, 0.717) is 28.4 Å². The lowest BCUT2D eigenvalue weighted by Gasteiger charge is -2.06. The van der Waals surface area contributed by atoms with Crippen molar-refractivity contribution in [3.8, 4) is 22.9 Å². The lowest BCUT2D eigenvalue weighted by molar-refractivity contribution is -0.0498. The third-order valence-corrected chi connectivity index (χ3v) is 4.76. The van der Waals surface area contributed by atoms with Gasteiger partial charge in [0.2, 0.25) is 5.89 Å². The highest BCUT2D eigenvalue weighted by Crippen LogP contribution is 2.27. The van der Waals surface area contributed by atoms with Crippen molar-refractivity contribution in [2.45, 2.75) is 24.5 Å². The summed E-state index contributed by atoms with van der Waals surface area (Å²) in [6, 6.07) is 13.8. The number of hydrogen-bond donors (Lipinski definition) is 0. The fraction of sp³-hybridized carbons (Fsp3) is 0.167. The molecule has 4 aromatic rings. The van der Waals surface area contributed by atoms with Crippen molar-refractivity contribution in [2.75, 3.05) is 0 Å². The van der Waals surface area contributed by atoms with Gasteiger partial charge in [0.25, 0.3) is 5.22 Å². The molecule has 0 spiro atoms. The van der Waals surface area contributed by atoms with Crippen LogP contribution in [0.5, 0.6) is 5.75 Å². The van der Waals surface area contributed by atoms with Gasteiger partial charge in [-0.1, -0.05) is 30.0 Å². The summed E-state index contributed by atoms with van der Waals surface area (Å²) < 4.78 is 36.1. The summed E-state index contributed by atoms with van der Waals surface area (Å²) >= 11 is 1.29. The van der Waals surface area contributed by atoms with Gasteiger partial charge in [0.1, 0.15) is 5.75 Å². The summed E-state index contributed by atoms with van der Waals surface area (Å²) in [5.74, 6) is 1.41. The van der Waals surface area contributed by atoms with E-state index in [1.807, 2.05) is 31.2 Å². The van der Waals surface area contributed by atoms with Gasteiger partial charge in [-0.25, -0.2) is 0 Å². The van der Waals surface area contributed by atoms with Crippen molar-refractivity contribution >= 4 is 11.8 Å². The molecule has 0 aliphatic carbocycles. The van der Waals surface area contributed by atoms with Gasteiger partial charge in [0.05, 0.1) is 11.4 Å². The minimum atomic E-state index is -2.88. The number of nitrogens with zero attached hydrogens (tertiary/aromatic N) is 6. The molecule has 0 amide bonds. The van der Waals surface area contributed by atoms with Gasteiger partial charge >= 0.3 is 6.61 Å². The molecule has 2 aromatic carbocycles. The molecular weight excluding hydrogens is 402 g/mol. The number of hydrogen-bond acceptors (Lipinski definition) is 8. The Labute approximate surface area is 167 Å². The van der Waals surface area contributed by atoms with Crippen molar-refractivity contribution in [2.24, 2.45) is 0 Å². The summed E-state index contributed by atoms with van der Waals surface area (Å²) in [6.07, 6.45) is 0. The predicted octanol–water partition coefficient (Wildman–Crippen LogP) is 3.91. The molecule has 29 heavy (non-hydrogen) atoms. The number of aryl methyl sites for hydroxylation is 1. The molecule has 0 radical (unpaired) electrons. The fourth-order valence-electron chi connectivity index (χ4n) is 2.58. The van der Waals surface area contributed by atoms with Crippen molar-refractivity contribution in [3.63, 3.8) is 0 Å². The van der Waals surface area contributed by atoms with Crippen molar-refractivity contribution in [1.29, 1.82) is 0 Å². The standard InChI is InChI=1S/C18H14F2N6O2S/c1-11-4-2-3-5-14(11)16-22-23-18(28-16)29-10-15-21-24-25-26(15)12-6-8-13(9-7-12)27-17(19)20/h2-9,17H,10H2,1H3. The van der Waals surface area contributed by atoms with E-state index in [0.717, 1.165) is 11.1 Å². The normalized spacial score (nSPS) is 11.2. The average Bonchev–Trinajstić information content (AvgIpc) is 3.36. The van der Waals surface area contributed by atoms with Crippen LogP contribution < -0.4 is 4.74 Å². The van der Waals surface area contributed by atoms with Gasteiger partial charge in [-0.15, -0.1) is 15.3 Å². The van der Waals surface area contributed by atoms with E-state index >= 15 is 0 Å². The zero-order valence-corrected chi connectivity index (χ0v) is 15.9. The number of halogens is 2. The fourth-order valence-corrected chi connectivity index (χ4v) is 3.25. The van der Waals surface area contributed by atoms with Gasteiger partial charge < -0.3 is 9.15 Å². The molecule has 0 bridgehead atoms. The van der Waals surface area contributed by atoms with Crippen molar-refractivity contribution in [3.05, 3.63) is 59.9 Å². The number of ether oxygens (including phenoxy) is 1. The van der Waals surface area contributed by atoms with Crippen LogP contribution in [0.25, 0.3) is 17.1 Å². The van der Waals surface area contributed by atoms with Crippen LogP contribution in [0.4, 0.5) is 8.78 Å². The monoisotopic (exact) mass is 416 g/mol. The van der Waals surface area contributed by atoms with Gasteiger partial charge in [0, 0.05) is 5.56 Å². The van der Waals surface area contributed by atoms with Crippen LogP contribution in [0.3, 0.4) is 0 Å². The second kappa shape index (κ2) is 8.35. The Morgan fingerprint density at radius 1 is 1.07 bits per heavy atom. The van der Waals surface area contributed by atoms with E-state index in [-0.39, 0.29) is 5.75 Å². The Hall–Kier alpha value is -3.34. The van der Waals surface area contributed by atoms with Crippen LogP contribution in [0.1, 0.15) is 11.4 Å². The smallest absolute Gasteiger partial charge is 0.387 e. The number of rotatable bonds is 7. The molecule has 0 saturated heterocycles. The Morgan fingerprint density at radius 2 is 1.86 bits per heavy atom. The summed E-state index contributed by atoms with van der Waals surface area (Å²) in [6.45, 7) is -0.905. The van der Waals surface area contributed by atoms with Gasteiger partial charge in [-0.2, -0.15) is 13.5 Å². The molecule has 0 fully saturated rings. The van der Waals surface area contributed by atoms with E-state index in [2.05, 4.69) is 30.5 Å². The molecule has 0 N–H and O–H groups in total. The van der Waals surface area contributed by atoms with Crippen LogP contribution in [0.2, 0.25) is 0 Å². The number of tetrazole rings is 1. The van der Waals surface area contributed by atoms with Crippen LogP contribution in [0, 0.1) is 6.92 Å². The Morgan fingerprint density at radius 3 is 2.62 bits per heavy atom. The molecule has 0 saturated carbocycles. The molecule has 2 heterocycles. The topological polar surface area (TPSA) is 91.8 Å². The minimum absolute atomic E-state index is 0.0577. The third kappa shape index (κ3) is 4.40. The number of aromatic nitrogens is 6. The van der Waals surface area contributed by atoms with Crippen LogP contribution in [0.15, 0.2) is 58.2 Å². The maximum Gasteiger partial charge on any atom is 0.387 e. The van der Waals surface area contributed by atoms with Gasteiger partial charge in [-0.3, -0.25) is 0 Å². The largest absolute Gasteiger partial charge is 0.435 e. The second-order valence-corrected chi connectivity index (χ2v) is 6.78. The van der Waals surface area contributed by atoms with E-state index < -0.39 is 6.61 Å². The molecule has 0 aliphatic heterocycles. The highest BCUT2D eigenvalue weighted by Gasteiger charge is 2.14. The maximum absolute atomic E-state index is 12.3. The third-order valence-electron chi connectivity index (χ3n) is 3.95. The number of benzene rings is 2. The second-order valence-electron chi connectivity index (χ2n) is 5.86. The summed E-state index contributed by atoms with van der Waals surface area (Å²) in [5, 5.41) is 20.1. The van der Waals surface area contributed by atoms with E-state index in [1.165, 1.54) is 28.6 Å². The predicted molar refractivity (Wildman–Crippen MR) is 99.8 cm³/mol. The van der Waals surface area contributed by atoms with Gasteiger partial charge in [-0.05, 0) is 53.2 Å². The Balaban J connectivity index is 1.46. The van der Waals surface area contributed by atoms with E-state index in [4.69, 9.17) is 4.42 Å². The molecule has 8 nitrogen and oxygen atoms in total. The zero-order valence-electron chi connectivity index (χ0n) is 15.1. The number of thioether (sulfide) groups is 1. The summed E-state index contributed by atoms with van der Waals surface area (Å²) in [7, 11) is 0. The molecule has 11 heteroatoms. The quantitative estimate of drug-likeness (QED) is 0.419. The van der Waals surface area contributed by atoms with E-state index in [9.17, 15) is 8.78 Å². The first-order valence-electron chi connectivity index (χ1n) is 8.45. The highest BCUT2D eigenvalue weighted by molar-refractivity contribution is 7.98. The molecule has 0 unspecified atom stereocenters. The molecule has 148 valence electrons. The summed E-state index contributed by atoms with van der Waals surface area (Å²) in [4.78, 5) is 0. The summed E-state index contributed by atoms with van der Waals surface area (Å²) in [5.41, 5.74) is 2.53. The SMILES string of the molecule is Cc1ccccc1-c1nnc(SCc2nnnn2-c2ccc(OC(F)F)cc2)o1. The maximum atomic E-state index is 12.3. The Bertz CT molecular complexity index is 1100.